The van der Waals surface area contributed by atoms with Gasteiger partial charge in [0, 0.05) is 23.5 Å². The van der Waals surface area contributed by atoms with Crippen molar-refractivity contribution < 1.29 is 22.0 Å². The number of benzene rings is 2. The Labute approximate surface area is 203 Å². The predicted octanol–water partition coefficient (Wildman–Crippen LogP) is 6.08. The number of nitrogens with one attached hydrogen (secondary N) is 1. The maximum atomic E-state index is 13.2. The Morgan fingerprint density at radius 1 is 1.12 bits per heavy atom. The van der Waals surface area contributed by atoms with Gasteiger partial charge in [-0.1, -0.05) is 47.5 Å². The van der Waals surface area contributed by atoms with E-state index in [9.17, 15) is 22.0 Å². The Morgan fingerprint density at radius 3 is 2.55 bits per heavy atom. The summed E-state index contributed by atoms with van der Waals surface area (Å²) in [6, 6.07) is 8.87. The third kappa shape index (κ3) is 5.65. The van der Waals surface area contributed by atoms with Gasteiger partial charge >= 0.3 is 0 Å². The van der Waals surface area contributed by atoms with Crippen LogP contribution in [0.4, 0.5) is 13.9 Å². The first-order chi connectivity index (χ1) is 15.7. The molecule has 176 valence electrons. The highest BCUT2D eigenvalue weighted by Gasteiger charge is 2.28. The van der Waals surface area contributed by atoms with Crippen LogP contribution in [0.1, 0.15) is 36.0 Å². The number of fused-ring (bicyclic) bond motifs is 1. The predicted molar refractivity (Wildman–Crippen MR) is 128 cm³/mol. The minimum Gasteiger partial charge on any atom is -0.298 e. The molecule has 0 saturated carbocycles. The van der Waals surface area contributed by atoms with Gasteiger partial charge in [-0.2, -0.15) is 13.1 Å². The molecule has 1 aliphatic heterocycles. The summed E-state index contributed by atoms with van der Waals surface area (Å²) in [6.45, 7) is 0.846. The van der Waals surface area contributed by atoms with Gasteiger partial charge in [0.15, 0.2) is 5.13 Å². The summed E-state index contributed by atoms with van der Waals surface area (Å²) in [6.07, 6.45) is 3.53. The van der Waals surface area contributed by atoms with Crippen molar-refractivity contribution >= 4 is 66.0 Å². The zero-order chi connectivity index (χ0) is 23.6. The molecule has 1 amide bonds. The number of carbonyl (C=O) groups excluding carboxylic acids is 1. The molecule has 0 radical (unpaired) electrons. The molecule has 12 heteroatoms. The Bertz CT molecular complexity index is 1280. The van der Waals surface area contributed by atoms with E-state index in [0.29, 0.717) is 40.0 Å². The third-order valence-electron chi connectivity index (χ3n) is 5.18. The highest BCUT2D eigenvalue weighted by atomic mass is 35.5. The molecular formula is C21H20ClF2N3O3S3. The standard InChI is InChI=1S/C21H20ClF2N3O3S3/c22-15-7-5-13(11-18(15)33(29,30)27-9-3-1-2-4-10-27)19(28)26-21-25-16-8-6-14(31-20(23)24)12-17(16)32-21/h5-8,11-12,20H,1-4,9-10H2,(H,25,26,28). The maximum Gasteiger partial charge on any atom is 0.288 e. The quantitative estimate of drug-likeness (QED) is 0.390. The van der Waals surface area contributed by atoms with E-state index in [4.69, 9.17) is 11.6 Å². The molecule has 33 heavy (non-hydrogen) atoms. The van der Waals surface area contributed by atoms with E-state index in [1.54, 1.807) is 18.2 Å². The van der Waals surface area contributed by atoms with E-state index in [-0.39, 0.29) is 20.6 Å². The van der Waals surface area contributed by atoms with Crippen molar-refractivity contribution in [2.45, 2.75) is 41.2 Å². The molecular weight excluding hydrogens is 512 g/mol. The van der Waals surface area contributed by atoms with Crippen LogP contribution in [0.2, 0.25) is 5.02 Å². The number of aromatic nitrogens is 1. The Balaban J connectivity index is 1.56. The first kappa shape index (κ1) is 24.3. The zero-order valence-corrected chi connectivity index (χ0v) is 20.5. The van der Waals surface area contributed by atoms with Crippen molar-refractivity contribution in [1.82, 2.24) is 9.29 Å². The minimum atomic E-state index is -3.84. The van der Waals surface area contributed by atoms with Crippen LogP contribution in [-0.2, 0) is 10.0 Å². The van der Waals surface area contributed by atoms with Gasteiger partial charge in [0.1, 0.15) is 4.90 Å². The van der Waals surface area contributed by atoms with E-state index in [1.165, 1.54) is 22.5 Å². The summed E-state index contributed by atoms with van der Waals surface area (Å²) in [5.74, 6) is -3.07. The van der Waals surface area contributed by atoms with Crippen molar-refractivity contribution in [3.63, 3.8) is 0 Å². The number of sulfonamides is 1. The van der Waals surface area contributed by atoms with Crippen LogP contribution in [0.15, 0.2) is 46.2 Å². The Morgan fingerprint density at radius 2 is 1.85 bits per heavy atom. The lowest BCUT2D eigenvalue weighted by Gasteiger charge is -2.21. The second-order valence-electron chi connectivity index (χ2n) is 7.44. The average Bonchev–Trinajstić information content (AvgIpc) is 2.95. The Hall–Kier alpha value is -1.79. The summed E-state index contributed by atoms with van der Waals surface area (Å²) in [5.41, 5.74) is 0.690. The molecule has 2 heterocycles. The number of rotatable bonds is 6. The highest BCUT2D eigenvalue weighted by Crippen LogP contribution is 2.33. The van der Waals surface area contributed by atoms with Crippen molar-refractivity contribution in [2.75, 3.05) is 18.4 Å². The number of thioether (sulfide) groups is 1. The van der Waals surface area contributed by atoms with Crippen LogP contribution in [0, 0.1) is 0 Å². The van der Waals surface area contributed by atoms with Gasteiger partial charge < -0.3 is 0 Å². The van der Waals surface area contributed by atoms with Gasteiger partial charge in [-0.25, -0.2) is 13.4 Å². The van der Waals surface area contributed by atoms with Gasteiger partial charge in [-0.15, -0.1) is 0 Å². The van der Waals surface area contributed by atoms with Crippen molar-refractivity contribution in [1.29, 1.82) is 0 Å². The minimum absolute atomic E-state index is 0.0554. The molecule has 1 aromatic heterocycles. The largest absolute Gasteiger partial charge is 0.298 e. The SMILES string of the molecule is O=C(Nc1nc2ccc(SC(F)F)cc2s1)c1ccc(Cl)c(S(=O)(=O)N2CCCCCC2)c1. The number of hydrogen-bond acceptors (Lipinski definition) is 6. The van der Waals surface area contributed by atoms with Crippen LogP contribution >= 0.6 is 34.7 Å². The number of halogens is 3. The van der Waals surface area contributed by atoms with Gasteiger partial charge in [0.25, 0.3) is 11.7 Å². The summed E-state index contributed by atoms with van der Waals surface area (Å²) in [5, 5.41) is 2.99. The first-order valence-electron chi connectivity index (χ1n) is 10.2. The number of thiazole rings is 1. The number of anilines is 1. The lowest BCUT2D eigenvalue weighted by atomic mass is 10.2. The third-order valence-corrected chi connectivity index (χ3v) is 9.20. The number of hydrogen-bond donors (Lipinski definition) is 1. The van der Waals surface area contributed by atoms with E-state index in [0.717, 1.165) is 37.0 Å². The lowest BCUT2D eigenvalue weighted by molar-refractivity contribution is 0.102. The molecule has 4 rings (SSSR count). The molecule has 6 nitrogen and oxygen atoms in total. The molecule has 1 N–H and O–H groups in total. The first-order valence-corrected chi connectivity index (χ1v) is 13.7. The number of amides is 1. The smallest absolute Gasteiger partial charge is 0.288 e. The zero-order valence-electron chi connectivity index (χ0n) is 17.3. The highest BCUT2D eigenvalue weighted by molar-refractivity contribution is 7.99. The van der Waals surface area contributed by atoms with Gasteiger partial charge in [-0.3, -0.25) is 10.1 Å². The van der Waals surface area contributed by atoms with Crippen molar-refractivity contribution in [3.8, 4) is 0 Å². The van der Waals surface area contributed by atoms with Gasteiger partial charge in [0.05, 0.1) is 15.2 Å². The molecule has 1 saturated heterocycles. The fourth-order valence-corrected chi connectivity index (χ4v) is 7.10. The van der Waals surface area contributed by atoms with Gasteiger partial charge in [-0.05, 0) is 49.2 Å². The Kier molecular flexibility index (Phi) is 7.54. The molecule has 0 aliphatic carbocycles. The van der Waals surface area contributed by atoms with Gasteiger partial charge in [0.2, 0.25) is 10.0 Å². The summed E-state index contributed by atoms with van der Waals surface area (Å²) < 4.78 is 53.6. The fourth-order valence-electron chi connectivity index (χ4n) is 3.57. The second-order valence-corrected chi connectivity index (χ2v) is 11.9. The molecule has 0 unspecified atom stereocenters. The molecule has 1 aliphatic rings. The number of nitrogens with zero attached hydrogens (tertiary/aromatic N) is 2. The fraction of sp³-hybridized carbons (Fsp3) is 0.333. The lowest BCUT2D eigenvalue weighted by Crippen LogP contribution is -2.32. The number of carbonyl (C=O) groups is 1. The van der Waals surface area contributed by atoms with E-state index in [1.807, 2.05) is 0 Å². The van der Waals surface area contributed by atoms with Crippen LogP contribution in [-0.4, -0.2) is 42.5 Å². The topological polar surface area (TPSA) is 79.4 Å². The van der Waals surface area contributed by atoms with E-state index < -0.39 is 21.7 Å². The van der Waals surface area contributed by atoms with Crippen LogP contribution < -0.4 is 5.32 Å². The second kappa shape index (κ2) is 10.2. The molecule has 3 aromatic rings. The van der Waals surface area contributed by atoms with Crippen molar-refractivity contribution in [2.24, 2.45) is 0 Å². The molecule has 0 bridgehead atoms. The summed E-state index contributed by atoms with van der Waals surface area (Å²) in [4.78, 5) is 17.4. The molecule has 2 aromatic carbocycles. The maximum absolute atomic E-state index is 13.2. The monoisotopic (exact) mass is 531 g/mol. The van der Waals surface area contributed by atoms with Crippen molar-refractivity contribution in [3.05, 3.63) is 47.0 Å². The van der Waals surface area contributed by atoms with Crippen LogP contribution in [0.25, 0.3) is 10.2 Å². The average molecular weight is 532 g/mol. The van der Waals surface area contributed by atoms with Crippen LogP contribution in [0.5, 0.6) is 0 Å². The summed E-state index contributed by atoms with van der Waals surface area (Å²) >= 11 is 7.79. The number of alkyl halides is 2. The molecule has 1 fully saturated rings. The molecule has 0 atom stereocenters. The summed E-state index contributed by atoms with van der Waals surface area (Å²) in [7, 11) is -3.84. The van der Waals surface area contributed by atoms with E-state index in [2.05, 4.69) is 10.3 Å². The normalized spacial score (nSPS) is 15.6. The molecule has 0 spiro atoms. The van der Waals surface area contributed by atoms with Crippen LogP contribution in [0.3, 0.4) is 0 Å². The van der Waals surface area contributed by atoms with E-state index >= 15 is 0 Å².